The molecule has 0 radical (unpaired) electrons. The van der Waals surface area contributed by atoms with Gasteiger partial charge >= 0.3 is 0 Å². The molecule has 2 aromatic heterocycles. The molecule has 0 saturated carbocycles. The van der Waals surface area contributed by atoms with Crippen LogP contribution in [0.25, 0.3) is 10.1 Å². The number of anilines is 1. The third kappa shape index (κ3) is 2.91. The molecule has 7 nitrogen and oxygen atoms in total. The highest BCUT2D eigenvalue weighted by Gasteiger charge is 2.16. The number of fused-ring (bicyclic) bond motifs is 1. The monoisotopic (exact) mass is 347 g/mol. The molecular formula is C14H9N3O4S2. The number of nitro benzene ring substituents is 1. The first-order valence-electron chi connectivity index (χ1n) is 6.32. The SMILES string of the molecule is NC(=O)c1ccsc1NC(=O)c1cc2cc([N+](=O)[O-])ccc2s1. The lowest BCUT2D eigenvalue weighted by molar-refractivity contribution is -0.384. The number of carbonyl (C=O) groups is 2. The summed E-state index contributed by atoms with van der Waals surface area (Å²) in [7, 11) is 0. The highest BCUT2D eigenvalue weighted by atomic mass is 32.1. The highest BCUT2D eigenvalue weighted by Crippen LogP contribution is 2.30. The largest absolute Gasteiger partial charge is 0.366 e. The van der Waals surface area contributed by atoms with E-state index in [4.69, 9.17) is 5.73 Å². The van der Waals surface area contributed by atoms with Crippen molar-refractivity contribution in [3.8, 4) is 0 Å². The van der Waals surface area contributed by atoms with E-state index in [2.05, 4.69) is 5.32 Å². The summed E-state index contributed by atoms with van der Waals surface area (Å²) in [4.78, 5) is 34.2. The highest BCUT2D eigenvalue weighted by molar-refractivity contribution is 7.21. The van der Waals surface area contributed by atoms with E-state index in [0.29, 0.717) is 15.3 Å². The van der Waals surface area contributed by atoms with Crippen LogP contribution in [0.5, 0.6) is 0 Å². The van der Waals surface area contributed by atoms with E-state index in [-0.39, 0.29) is 17.2 Å². The van der Waals surface area contributed by atoms with Gasteiger partial charge in [-0.15, -0.1) is 22.7 Å². The first kappa shape index (κ1) is 15.1. The van der Waals surface area contributed by atoms with Gasteiger partial charge in [-0.05, 0) is 23.6 Å². The van der Waals surface area contributed by atoms with Crippen LogP contribution in [0.2, 0.25) is 0 Å². The second-order valence-corrected chi connectivity index (χ2v) is 6.57. The van der Waals surface area contributed by atoms with Gasteiger partial charge in [0.25, 0.3) is 17.5 Å². The number of benzene rings is 1. The van der Waals surface area contributed by atoms with Crippen molar-refractivity contribution in [3.05, 3.63) is 56.3 Å². The molecule has 0 unspecified atom stereocenters. The van der Waals surface area contributed by atoms with Crippen LogP contribution in [0, 0.1) is 10.1 Å². The fraction of sp³-hybridized carbons (Fsp3) is 0. The maximum Gasteiger partial charge on any atom is 0.270 e. The minimum Gasteiger partial charge on any atom is -0.366 e. The Morgan fingerprint density at radius 1 is 1.22 bits per heavy atom. The van der Waals surface area contributed by atoms with Gasteiger partial charge in [-0.2, -0.15) is 0 Å². The Morgan fingerprint density at radius 3 is 2.70 bits per heavy atom. The van der Waals surface area contributed by atoms with Crippen molar-refractivity contribution in [2.24, 2.45) is 5.73 Å². The summed E-state index contributed by atoms with van der Waals surface area (Å²) >= 11 is 2.41. The summed E-state index contributed by atoms with van der Waals surface area (Å²) in [5, 5.41) is 16.1. The third-order valence-electron chi connectivity index (χ3n) is 3.09. The van der Waals surface area contributed by atoms with Crippen LogP contribution in [0.15, 0.2) is 35.7 Å². The average Bonchev–Trinajstić information content (AvgIpc) is 3.12. The van der Waals surface area contributed by atoms with E-state index in [1.165, 1.54) is 40.9 Å². The van der Waals surface area contributed by atoms with E-state index in [0.717, 1.165) is 4.70 Å². The second-order valence-electron chi connectivity index (χ2n) is 4.57. The Labute approximate surface area is 137 Å². The molecule has 0 aliphatic rings. The van der Waals surface area contributed by atoms with Gasteiger partial charge in [0.2, 0.25) is 0 Å². The van der Waals surface area contributed by atoms with Crippen LogP contribution in [-0.2, 0) is 0 Å². The molecule has 0 fully saturated rings. The zero-order valence-corrected chi connectivity index (χ0v) is 13.1. The van der Waals surface area contributed by atoms with E-state index in [1.807, 2.05) is 0 Å². The molecule has 3 N–H and O–H groups in total. The molecule has 0 bridgehead atoms. The average molecular weight is 347 g/mol. The number of hydrogen-bond acceptors (Lipinski definition) is 6. The molecule has 1 aromatic carbocycles. The number of rotatable bonds is 4. The lowest BCUT2D eigenvalue weighted by Crippen LogP contribution is -2.15. The fourth-order valence-corrected chi connectivity index (χ4v) is 3.75. The topological polar surface area (TPSA) is 115 Å². The van der Waals surface area contributed by atoms with Gasteiger partial charge in [-0.1, -0.05) is 0 Å². The zero-order valence-electron chi connectivity index (χ0n) is 11.4. The van der Waals surface area contributed by atoms with Gasteiger partial charge < -0.3 is 11.1 Å². The first-order chi connectivity index (χ1) is 11.0. The molecule has 23 heavy (non-hydrogen) atoms. The van der Waals surface area contributed by atoms with Gasteiger partial charge in [0.1, 0.15) is 5.00 Å². The molecule has 9 heteroatoms. The number of carbonyl (C=O) groups excluding carboxylic acids is 2. The number of nitrogens with one attached hydrogen (secondary N) is 1. The molecule has 0 aliphatic heterocycles. The minimum absolute atomic E-state index is 0.0310. The second kappa shape index (κ2) is 5.78. The van der Waals surface area contributed by atoms with Crippen molar-refractivity contribution in [2.75, 3.05) is 5.32 Å². The van der Waals surface area contributed by atoms with Crippen molar-refractivity contribution in [2.45, 2.75) is 0 Å². The summed E-state index contributed by atoms with van der Waals surface area (Å²) in [6.07, 6.45) is 0. The minimum atomic E-state index is -0.617. The number of amides is 2. The number of primary amides is 1. The van der Waals surface area contributed by atoms with Crippen LogP contribution < -0.4 is 11.1 Å². The molecule has 2 heterocycles. The van der Waals surface area contributed by atoms with Crippen molar-refractivity contribution < 1.29 is 14.5 Å². The Kier molecular flexibility index (Phi) is 3.80. The van der Waals surface area contributed by atoms with Gasteiger partial charge in [-0.3, -0.25) is 19.7 Å². The van der Waals surface area contributed by atoms with E-state index in [9.17, 15) is 19.7 Å². The standard InChI is InChI=1S/C14H9N3O4S2/c15-12(18)9-3-4-22-14(9)16-13(19)11-6-7-5-8(17(20)21)1-2-10(7)23-11/h1-6H,(H2,15,18)(H,16,19). The third-order valence-corrected chi connectivity index (χ3v) is 5.04. The molecular weight excluding hydrogens is 338 g/mol. The van der Waals surface area contributed by atoms with Crippen LogP contribution in [0.4, 0.5) is 10.7 Å². The van der Waals surface area contributed by atoms with Gasteiger partial charge in [0, 0.05) is 22.2 Å². The van der Waals surface area contributed by atoms with Crippen LogP contribution in [0.3, 0.4) is 0 Å². The summed E-state index contributed by atoms with van der Waals surface area (Å²) in [6, 6.07) is 7.54. The van der Waals surface area contributed by atoms with Crippen molar-refractivity contribution in [1.82, 2.24) is 0 Å². The molecule has 0 atom stereocenters. The first-order valence-corrected chi connectivity index (χ1v) is 8.02. The molecule has 0 spiro atoms. The molecule has 116 valence electrons. The van der Waals surface area contributed by atoms with Crippen LogP contribution >= 0.6 is 22.7 Å². The summed E-state index contributed by atoms with van der Waals surface area (Å²) < 4.78 is 0.766. The van der Waals surface area contributed by atoms with Crippen molar-refractivity contribution >= 4 is 55.3 Å². The Hall–Kier alpha value is -2.78. The van der Waals surface area contributed by atoms with E-state index in [1.54, 1.807) is 17.5 Å². The van der Waals surface area contributed by atoms with E-state index < -0.39 is 10.8 Å². The maximum absolute atomic E-state index is 12.3. The summed E-state index contributed by atoms with van der Waals surface area (Å²) in [5.41, 5.74) is 5.45. The van der Waals surface area contributed by atoms with Crippen molar-refractivity contribution in [3.63, 3.8) is 0 Å². The molecule has 3 aromatic rings. The van der Waals surface area contributed by atoms with Gasteiger partial charge in [0.15, 0.2) is 0 Å². The van der Waals surface area contributed by atoms with Crippen LogP contribution in [-0.4, -0.2) is 16.7 Å². The number of nitrogens with zero attached hydrogens (tertiary/aromatic N) is 1. The summed E-state index contributed by atoms with van der Waals surface area (Å²) in [6.45, 7) is 0. The Bertz CT molecular complexity index is 945. The predicted octanol–water partition coefficient (Wildman–Crippen LogP) is 3.22. The Morgan fingerprint density at radius 2 is 2.00 bits per heavy atom. The smallest absolute Gasteiger partial charge is 0.270 e. The number of nitro groups is 1. The maximum atomic E-state index is 12.3. The molecule has 0 aliphatic carbocycles. The zero-order chi connectivity index (χ0) is 16.6. The lowest BCUT2D eigenvalue weighted by Gasteiger charge is -2.02. The number of hydrogen-bond donors (Lipinski definition) is 2. The number of thiophene rings is 2. The summed E-state index contributed by atoms with van der Waals surface area (Å²) in [5.74, 6) is -1.01. The van der Waals surface area contributed by atoms with E-state index >= 15 is 0 Å². The molecule has 2 amide bonds. The quantitative estimate of drug-likeness (QED) is 0.557. The molecule has 0 saturated heterocycles. The normalized spacial score (nSPS) is 10.6. The van der Waals surface area contributed by atoms with Gasteiger partial charge in [0.05, 0.1) is 15.4 Å². The Balaban J connectivity index is 1.90. The lowest BCUT2D eigenvalue weighted by atomic mass is 10.2. The van der Waals surface area contributed by atoms with Crippen LogP contribution in [0.1, 0.15) is 20.0 Å². The number of nitrogens with two attached hydrogens (primary N) is 1. The molecule has 3 rings (SSSR count). The predicted molar refractivity (Wildman–Crippen MR) is 89.3 cm³/mol. The van der Waals surface area contributed by atoms with Crippen molar-refractivity contribution in [1.29, 1.82) is 0 Å². The number of non-ortho nitro benzene ring substituents is 1. The van der Waals surface area contributed by atoms with Gasteiger partial charge in [-0.25, -0.2) is 0 Å². The fourth-order valence-electron chi connectivity index (χ4n) is 2.02.